The van der Waals surface area contributed by atoms with Gasteiger partial charge in [-0.25, -0.2) is 4.79 Å². The van der Waals surface area contributed by atoms with Crippen LogP contribution >= 0.6 is 0 Å². The van der Waals surface area contributed by atoms with Gasteiger partial charge in [-0.2, -0.15) is 13.2 Å². The predicted molar refractivity (Wildman–Crippen MR) is 52.9 cm³/mol. The highest BCUT2D eigenvalue weighted by molar-refractivity contribution is 5.75. The first kappa shape index (κ1) is 13.3. The lowest BCUT2D eigenvalue weighted by molar-refractivity contribution is -0.205. The molecule has 0 saturated heterocycles. The predicted octanol–water partition coefficient (Wildman–Crippen LogP) is 3.59. The van der Waals surface area contributed by atoms with Crippen LogP contribution in [0.5, 0.6) is 0 Å². The maximum atomic E-state index is 12.0. The van der Waals surface area contributed by atoms with Gasteiger partial charge < -0.3 is 4.74 Å². The number of rotatable bonds is 1. The van der Waals surface area contributed by atoms with Gasteiger partial charge in [0, 0.05) is 0 Å². The van der Waals surface area contributed by atoms with E-state index in [1.807, 2.05) is 0 Å². The van der Waals surface area contributed by atoms with Crippen LogP contribution in [0, 0.1) is 0 Å². The van der Waals surface area contributed by atoms with Crippen LogP contribution in [0.25, 0.3) is 0 Å². The summed E-state index contributed by atoms with van der Waals surface area (Å²) >= 11 is 0. The van der Waals surface area contributed by atoms with Crippen LogP contribution in [-0.4, -0.2) is 18.2 Å². The highest BCUT2D eigenvalue weighted by atomic mass is 19.4. The molecule has 0 unspecified atom stereocenters. The Morgan fingerprint density at radius 3 is 1.81 bits per heavy atom. The molecule has 0 aromatic rings. The van der Waals surface area contributed by atoms with E-state index >= 15 is 0 Å². The molecule has 0 atom stereocenters. The maximum absolute atomic E-state index is 12.0. The fourth-order valence-corrected chi connectivity index (χ4v) is 1.93. The van der Waals surface area contributed by atoms with E-state index in [4.69, 9.17) is 0 Å². The number of alkyl halides is 3. The molecule has 16 heavy (non-hydrogen) atoms. The Morgan fingerprint density at radius 1 is 0.938 bits per heavy atom. The molecule has 5 heteroatoms. The Hall–Kier alpha value is -0.740. The minimum absolute atomic E-state index is 0.549. The van der Waals surface area contributed by atoms with Crippen LogP contribution < -0.4 is 0 Å². The van der Waals surface area contributed by atoms with E-state index in [9.17, 15) is 18.0 Å². The third-order valence-electron chi connectivity index (χ3n) is 2.81. The molecule has 0 aromatic carbocycles. The van der Waals surface area contributed by atoms with Crippen molar-refractivity contribution in [2.45, 2.75) is 63.6 Å². The van der Waals surface area contributed by atoms with E-state index < -0.39 is 18.2 Å². The molecule has 0 amide bonds. The second-order valence-electron chi connectivity index (χ2n) is 4.22. The van der Waals surface area contributed by atoms with Gasteiger partial charge in [0.25, 0.3) is 0 Å². The van der Waals surface area contributed by atoms with E-state index in [0.29, 0.717) is 12.8 Å². The van der Waals surface area contributed by atoms with Crippen LogP contribution in [0.1, 0.15) is 51.4 Å². The molecule has 0 N–H and O–H groups in total. The molecule has 0 heterocycles. The summed E-state index contributed by atoms with van der Waals surface area (Å²) in [6.45, 7) is 0. The van der Waals surface area contributed by atoms with Crippen molar-refractivity contribution in [3.63, 3.8) is 0 Å². The van der Waals surface area contributed by atoms with Crippen molar-refractivity contribution < 1.29 is 22.7 Å². The molecular formula is C11H17F3O2. The molecule has 0 aliphatic heterocycles. The smallest absolute Gasteiger partial charge is 0.456 e. The zero-order chi connectivity index (χ0) is 12.0. The van der Waals surface area contributed by atoms with Gasteiger partial charge in [-0.15, -0.1) is 0 Å². The Kier molecular flexibility index (Phi) is 5.09. The lowest BCUT2D eigenvalue weighted by Crippen LogP contribution is -2.30. The first-order valence-electron chi connectivity index (χ1n) is 5.78. The lowest BCUT2D eigenvalue weighted by atomic mass is 10.1. The van der Waals surface area contributed by atoms with Crippen molar-refractivity contribution in [1.82, 2.24) is 0 Å². The number of carbonyl (C=O) groups is 1. The second kappa shape index (κ2) is 6.11. The molecule has 2 nitrogen and oxygen atoms in total. The second-order valence-corrected chi connectivity index (χ2v) is 4.22. The summed E-state index contributed by atoms with van der Waals surface area (Å²) < 4.78 is 40.5. The van der Waals surface area contributed by atoms with Crippen LogP contribution in [-0.2, 0) is 9.53 Å². The van der Waals surface area contributed by atoms with Gasteiger partial charge in [-0.1, -0.05) is 25.7 Å². The van der Waals surface area contributed by atoms with Gasteiger partial charge >= 0.3 is 12.1 Å². The molecule has 1 saturated carbocycles. The molecule has 1 aliphatic carbocycles. The fraction of sp³-hybridized carbons (Fsp3) is 0.909. The van der Waals surface area contributed by atoms with E-state index in [0.717, 1.165) is 38.5 Å². The summed E-state index contributed by atoms with van der Waals surface area (Å²) in [5.41, 5.74) is 0. The van der Waals surface area contributed by atoms with Crippen molar-refractivity contribution in [3.05, 3.63) is 0 Å². The van der Waals surface area contributed by atoms with E-state index in [1.165, 1.54) is 0 Å². The van der Waals surface area contributed by atoms with Crippen molar-refractivity contribution in [3.8, 4) is 0 Å². The van der Waals surface area contributed by atoms with Crippen molar-refractivity contribution >= 4 is 5.97 Å². The number of esters is 1. The third-order valence-corrected chi connectivity index (χ3v) is 2.81. The zero-order valence-corrected chi connectivity index (χ0v) is 9.18. The first-order chi connectivity index (χ1) is 7.50. The summed E-state index contributed by atoms with van der Waals surface area (Å²) in [4.78, 5) is 10.7. The fourth-order valence-electron chi connectivity index (χ4n) is 1.93. The van der Waals surface area contributed by atoms with Gasteiger partial charge in [-0.3, -0.25) is 0 Å². The van der Waals surface area contributed by atoms with E-state index in [-0.39, 0.29) is 0 Å². The monoisotopic (exact) mass is 238 g/mol. The van der Waals surface area contributed by atoms with Crippen LogP contribution in [0.15, 0.2) is 0 Å². The minimum atomic E-state index is -4.86. The maximum Gasteiger partial charge on any atom is 0.490 e. The first-order valence-corrected chi connectivity index (χ1v) is 5.78. The van der Waals surface area contributed by atoms with Crippen LogP contribution in [0.2, 0.25) is 0 Å². The Morgan fingerprint density at radius 2 is 1.38 bits per heavy atom. The largest absolute Gasteiger partial charge is 0.490 e. The zero-order valence-electron chi connectivity index (χ0n) is 9.18. The van der Waals surface area contributed by atoms with Crippen LogP contribution in [0.4, 0.5) is 13.2 Å². The van der Waals surface area contributed by atoms with Gasteiger partial charge in [0.2, 0.25) is 0 Å². The average molecular weight is 238 g/mol. The summed E-state index contributed by atoms with van der Waals surface area (Å²) in [6.07, 6.45) is 1.67. The quantitative estimate of drug-likeness (QED) is 0.652. The molecule has 1 fully saturated rings. The minimum Gasteiger partial charge on any atom is -0.456 e. The third kappa shape index (κ3) is 4.86. The number of hydrogen-bond acceptors (Lipinski definition) is 2. The SMILES string of the molecule is O=C(OC1CCCCCCCC1)C(F)(F)F. The highest BCUT2D eigenvalue weighted by Crippen LogP contribution is 2.23. The molecule has 0 radical (unpaired) electrons. The number of hydrogen-bond donors (Lipinski definition) is 0. The molecule has 0 spiro atoms. The molecule has 0 aromatic heterocycles. The molecule has 94 valence electrons. The Labute approximate surface area is 93.2 Å². The van der Waals surface area contributed by atoms with Crippen LogP contribution in [0.3, 0.4) is 0 Å². The summed E-state index contributed by atoms with van der Waals surface area (Å²) in [6, 6.07) is 0. The summed E-state index contributed by atoms with van der Waals surface area (Å²) in [5.74, 6) is -2.04. The number of halogens is 3. The normalized spacial score (nSPS) is 20.7. The standard InChI is InChI=1S/C11H17F3O2/c12-11(13,14)10(15)16-9-7-5-3-1-2-4-6-8-9/h9H,1-8H2. The lowest BCUT2D eigenvalue weighted by Gasteiger charge is -2.17. The van der Waals surface area contributed by atoms with Gasteiger partial charge in [-0.05, 0) is 25.7 Å². The molecule has 1 aliphatic rings. The Bertz CT molecular complexity index is 216. The summed E-state index contributed by atoms with van der Waals surface area (Å²) in [5, 5.41) is 0. The molecular weight excluding hydrogens is 221 g/mol. The van der Waals surface area contributed by atoms with Crippen molar-refractivity contribution in [1.29, 1.82) is 0 Å². The van der Waals surface area contributed by atoms with Crippen molar-refractivity contribution in [2.24, 2.45) is 0 Å². The van der Waals surface area contributed by atoms with Gasteiger partial charge in [0.15, 0.2) is 0 Å². The molecule has 0 bridgehead atoms. The van der Waals surface area contributed by atoms with E-state index in [1.54, 1.807) is 0 Å². The van der Waals surface area contributed by atoms with E-state index in [2.05, 4.69) is 4.74 Å². The van der Waals surface area contributed by atoms with Gasteiger partial charge in [0.05, 0.1) is 0 Å². The number of carbonyl (C=O) groups excluding carboxylic acids is 1. The highest BCUT2D eigenvalue weighted by Gasteiger charge is 2.42. The van der Waals surface area contributed by atoms with Crippen molar-refractivity contribution in [2.75, 3.05) is 0 Å². The summed E-state index contributed by atoms with van der Waals surface area (Å²) in [7, 11) is 0. The molecule has 1 rings (SSSR count). The topological polar surface area (TPSA) is 26.3 Å². The number of ether oxygens (including phenoxy) is 1. The average Bonchev–Trinajstić information content (AvgIpc) is 2.30. The van der Waals surface area contributed by atoms with Gasteiger partial charge in [0.1, 0.15) is 6.10 Å². The Balaban J connectivity index is 2.40.